The monoisotopic (exact) mass is 306 g/mol. The highest BCUT2D eigenvalue weighted by atomic mass is 32.1. The molecule has 114 valence electrons. The van der Waals surface area contributed by atoms with Crippen molar-refractivity contribution in [1.29, 1.82) is 0 Å². The summed E-state index contributed by atoms with van der Waals surface area (Å²) >= 11 is 1.65. The summed E-state index contributed by atoms with van der Waals surface area (Å²) in [5.41, 5.74) is -0.00962. The lowest BCUT2D eigenvalue weighted by Gasteiger charge is -2.40. The van der Waals surface area contributed by atoms with Crippen LogP contribution in [0.3, 0.4) is 0 Å². The highest BCUT2D eigenvalue weighted by molar-refractivity contribution is 7.16. The van der Waals surface area contributed by atoms with Gasteiger partial charge in [-0.1, -0.05) is 6.92 Å². The minimum Gasteiger partial charge on any atom is -0.376 e. The lowest BCUT2D eigenvalue weighted by Crippen LogP contribution is -2.45. The van der Waals surface area contributed by atoms with Crippen molar-refractivity contribution in [1.82, 2.24) is 9.97 Å². The van der Waals surface area contributed by atoms with Crippen LogP contribution in [-0.2, 0) is 4.74 Å². The Hall–Kier alpha value is -1.40. The first kappa shape index (κ1) is 14.5. The quantitative estimate of drug-likeness (QED) is 0.820. The molecule has 0 aromatic carbocycles. The Morgan fingerprint density at radius 3 is 2.86 bits per heavy atom. The molecule has 1 aliphatic carbocycles. The maximum Gasteiger partial charge on any atom is 0.226 e. The molecule has 0 radical (unpaired) electrons. The summed E-state index contributed by atoms with van der Waals surface area (Å²) in [4.78, 5) is 10.2. The molecule has 0 bridgehead atoms. The molecule has 21 heavy (non-hydrogen) atoms. The van der Waals surface area contributed by atoms with Crippen molar-refractivity contribution in [2.24, 2.45) is 0 Å². The largest absolute Gasteiger partial charge is 0.376 e. The number of aromatic nitrogens is 2. The highest BCUT2D eigenvalue weighted by Crippen LogP contribution is 2.35. The molecule has 1 fully saturated rings. The third-order valence-electron chi connectivity index (χ3n) is 4.13. The summed E-state index contributed by atoms with van der Waals surface area (Å²) in [6.45, 7) is 3.83. The zero-order chi connectivity index (χ0) is 14.7. The predicted octanol–water partition coefficient (Wildman–Crippen LogP) is 3.49. The van der Waals surface area contributed by atoms with E-state index in [-0.39, 0.29) is 5.60 Å². The topological polar surface area (TPSA) is 59.1 Å². The first-order valence-corrected chi connectivity index (χ1v) is 8.42. The molecule has 0 amide bonds. The number of thiophene rings is 1. The SMILES string of the molecule is CCCNc1nc(NCC2(OC)CCC2)c2ccsc2n1. The molecule has 0 atom stereocenters. The molecule has 6 heteroatoms. The average molecular weight is 306 g/mol. The number of nitrogens with one attached hydrogen (secondary N) is 2. The molecule has 0 spiro atoms. The Morgan fingerprint density at radius 2 is 2.19 bits per heavy atom. The first-order chi connectivity index (χ1) is 10.3. The van der Waals surface area contributed by atoms with Gasteiger partial charge in [0.25, 0.3) is 0 Å². The maximum atomic E-state index is 5.67. The van der Waals surface area contributed by atoms with Crippen molar-refractivity contribution in [3.05, 3.63) is 11.4 Å². The van der Waals surface area contributed by atoms with Crippen LogP contribution < -0.4 is 10.6 Å². The van der Waals surface area contributed by atoms with Crippen LogP contribution in [0.1, 0.15) is 32.6 Å². The fourth-order valence-electron chi connectivity index (χ4n) is 2.58. The van der Waals surface area contributed by atoms with Crippen molar-refractivity contribution in [3.8, 4) is 0 Å². The van der Waals surface area contributed by atoms with Crippen molar-refractivity contribution >= 4 is 33.3 Å². The number of hydrogen-bond acceptors (Lipinski definition) is 6. The predicted molar refractivity (Wildman–Crippen MR) is 88.3 cm³/mol. The van der Waals surface area contributed by atoms with Crippen LogP contribution in [0.5, 0.6) is 0 Å². The standard InChI is InChI=1S/C15H22N4OS/c1-3-8-16-14-18-12(11-5-9-21-13(11)19-14)17-10-15(20-2)6-4-7-15/h5,9H,3-4,6-8,10H2,1-2H3,(H2,16,17,18,19). The van der Waals surface area contributed by atoms with Crippen LogP contribution >= 0.6 is 11.3 Å². The highest BCUT2D eigenvalue weighted by Gasteiger charge is 2.36. The van der Waals surface area contributed by atoms with Crippen LogP contribution in [0.4, 0.5) is 11.8 Å². The maximum absolute atomic E-state index is 5.67. The zero-order valence-corrected chi connectivity index (χ0v) is 13.4. The fourth-order valence-corrected chi connectivity index (χ4v) is 3.34. The molecule has 5 nitrogen and oxygen atoms in total. The molecule has 2 aromatic heterocycles. The lowest BCUT2D eigenvalue weighted by atomic mass is 9.80. The van der Waals surface area contributed by atoms with Gasteiger partial charge in [0.1, 0.15) is 10.6 Å². The Balaban J connectivity index is 1.80. The van der Waals surface area contributed by atoms with Crippen LogP contribution in [0.2, 0.25) is 0 Å². The number of nitrogens with zero attached hydrogens (tertiary/aromatic N) is 2. The van der Waals surface area contributed by atoms with Gasteiger partial charge in [-0.05, 0) is 37.1 Å². The van der Waals surface area contributed by atoms with Crippen molar-refractivity contribution in [2.75, 3.05) is 30.8 Å². The number of anilines is 2. The molecule has 2 aromatic rings. The van der Waals surface area contributed by atoms with Gasteiger partial charge in [-0.2, -0.15) is 4.98 Å². The van der Waals surface area contributed by atoms with E-state index < -0.39 is 0 Å². The number of hydrogen-bond donors (Lipinski definition) is 2. The van der Waals surface area contributed by atoms with Gasteiger partial charge in [-0.25, -0.2) is 4.98 Å². The van der Waals surface area contributed by atoms with Crippen LogP contribution in [0.15, 0.2) is 11.4 Å². The van der Waals surface area contributed by atoms with Gasteiger partial charge in [0.15, 0.2) is 0 Å². The lowest BCUT2D eigenvalue weighted by molar-refractivity contribution is -0.0601. The minimum atomic E-state index is -0.00962. The Kier molecular flexibility index (Phi) is 4.26. The molecule has 0 aliphatic heterocycles. The van der Waals surface area contributed by atoms with E-state index in [1.54, 1.807) is 18.4 Å². The Bertz CT molecular complexity index is 603. The molecule has 0 saturated heterocycles. The second-order valence-electron chi connectivity index (χ2n) is 5.56. The average Bonchev–Trinajstić information content (AvgIpc) is 2.92. The third-order valence-corrected chi connectivity index (χ3v) is 4.94. The molecule has 2 heterocycles. The van der Waals surface area contributed by atoms with Crippen molar-refractivity contribution in [2.45, 2.75) is 38.2 Å². The van der Waals surface area contributed by atoms with Gasteiger partial charge in [0, 0.05) is 20.2 Å². The molecule has 1 aliphatic rings. The van der Waals surface area contributed by atoms with Crippen molar-refractivity contribution < 1.29 is 4.74 Å². The van der Waals surface area contributed by atoms with Crippen molar-refractivity contribution in [3.63, 3.8) is 0 Å². The zero-order valence-electron chi connectivity index (χ0n) is 12.6. The van der Waals surface area contributed by atoms with Gasteiger partial charge in [0.05, 0.1) is 11.0 Å². The summed E-state index contributed by atoms with van der Waals surface area (Å²) in [6.07, 6.45) is 4.54. The first-order valence-electron chi connectivity index (χ1n) is 7.54. The smallest absolute Gasteiger partial charge is 0.226 e. The van der Waals surface area contributed by atoms with E-state index in [2.05, 4.69) is 39.0 Å². The third kappa shape index (κ3) is 2.96. The number of methoxy groups -OCH3 is 1. The molecule has 1 saturated carbocycles. The summed E-state index contributed by atoms with van der Waals surface area (Å²) < 4.78 is 5.67. The minimum absolute atomic E-state index is 0.00962. The Morgan fingerprint density at radius 1 is 1.33 bits per heavy atom. The van der Waals surface area contributed by atoms with Crippen LogP contribution in [0, 0.1) is 0 Å². The molecule has 0 unspecified atom stereocenters. The van der Waals surface area contributed by atoms with E-state index in [9.17, 15) is 0 Å². The number of fused-ring (bicyclic) bond motifs is 1. The van der Waals surface area contributed by atoms with Gasteiger partial charge in [0.2, 0.25) is 5.95 Å². The van der Waals surface area contributed by atoms with Gasteiger partial charge in [-0.15, -0.1) is 11.3 Å². The van der Waals surface area contributed by atoms with Crippen LogP contribution in [0.25, 0.3) is 10.2 Å². The summed E-state index contributed by atoms with van der Waals surface area (Å²) in [7, 11) is 1.80. The Labute approximate surface area is 129 Å². The van der Waals surface area contributed by atoms with E-state index in [0.29, 0.717) is 5.95 Å². The molecular weight excluding hydrogens is 284 g/mol. The van der Waals surface area contributed by atoms with Gasteiger partial charge < -0.3 is 15.4 Å². The summed E-state index contributed by atoms with van der Waals surface area (Å²) in [5, 5.41) is 9.89. The van der Waals surface area contributed by atoms with E-state index in [1.807, 2.05) is 0 Å². The van der Waals surface area contributed by atoms with E-state index >= 15 is 0 Å². The summed E-state index contributed by atoms with van der Waals surface area (Å²) in [5.74, 6) is 1.61. The van der Waals surface area contributed by atoms with Gasteiger partial charge in [-0.3, -0.25) is 0 Å². The molecular formula is C15H22N4OS. The normalized spacial score (nSPS) is 16.7. The number of rotatable bonds is 7. The van der Waals surface area contributed by atoms with Crippen LogP contribution in [-0.4, -0.2) is 35.8 Å². The van der Waals surface area contributed by atoms with E-state index in [4.69, 9.17) is 4.74 Å². The second kappa shape index (κ2) is 6.15. The molecule has 2 N–H and O–H groups in total. The number of ether oxygens (including phenoxy) is 1. The summed E-state index contributed by atoms with van der Waals surface area (Å²) in [6, 6.07) is 2.08. The van der Waals surface area contributed by atoms with E-state index in [1.165, 1.54) is 6.42 Å². The second-order valence-corrected chi connectivity index (χ2v) is 6.45. The fraction of sp³-hybridized carbons (Fsp3) is 0.600. The molecule has 3 rings (SSSR count). The van der Waals surface area contributed by atoms with Gasteiger partial charge >= 0.3 is 0 Å². The van der Waals surface area contributed by atoms with E-state index in [0.717, 1.165) is 48.4 Å².